The summed E-state index contributed by atoms with van der Waals surface area (Å²) < 4.78 is 69.9. The number of carbonyl (C=O) groups excluding carboxylic acids is 1. The number of aromatic carboxylic acids is 1. The first-order valence-corrected chi connectivity index (χ1v) is 6.59. The van der Waals surface area contributed by atoms with Gasteiger partial charge in [-0.25, -0.2) is 23.4 Å². The smallest absolute Gasteiger partial charge is 0.434 e. The number of ether oxygens (including phenoxy) is 1. The second-order valence-corrected chi connectivity index (χ2v) is 4.98. The maximum atomic E-state index is 13.2. The molecular weight excluding hydrogens is 359 g/mol. The van der Waals surface area contributed by atoms with E-state index in [1.807, 2.05) is 0 Å². The van der Waals surface area contributed by atoms with Crippen molar-refractivity contribution in [1.29, 1.82) is 0 Å². The number of halogens is 5. The third kappa shape index (κ3) is 4.13. The van der Waals surface area contributed by atoms with E-state index in [1.54, 1.807) is 0 Å². The highest BCUT2D eigenvalue weighted by Crippen LogP contribution is 2.40. The summed E-state index contributed by atoms with van der Waals surface area (Å²) >= 11 is 0. The van der Waals surface area contributed by atoms with E-state index in [4.69, 9.17) is 5.11 Å². The molecule has 0 saturated heterocycles. The minimum absolute atomic E-state index is 0. The lowest BCUT2D eigenvalue weighted by Crippen LogP contribution is -2.24. The van der Waals surface area contributed by atoms with E-state index in [1.165, 1.54) is 0 Å². The van der Waals surface area contributed by atoms with Gasteiger partial charge in [-0.2, -0.15) is 13.2 Å². The SMILES string of the molecule is COC(=O)c1c(C(F)(F)F)nc(C(F)F)c(C(=O)O)c1NC1CC1.O. The number of hydrogen-bond donors (Lipinski definition) is 2. The number of pyridine rings is 1. The molecule has 1 aliphatic carbocycles. The van der Waals surface area contributed by atoms with Crippen molar-refractivity contribution in [2.75, 3.05) is 12.4 Å². The van der Waals surface area contributed by atoms with Crippen LogP contribution < -0.4 is 5.32 Å². The van der Waals surface area contributed by atoms with Crippen LogP contribution in [0.1, 0.15) is 51.4 Å². The first-order chi connectivity index (χ1) is 11.1. The molecule has 1 aromatic heterocycles. The Hall–Kier alpha value is -2.50. The van der Waals surface area contributed by atoms with E-state index >= 15 is 0 Å². The number of carboxylic acid groups (broad SMARTS) is 1. The fraction of sp³-hybridized carbons (Fsp3) is 0.462. The molecular formula is C13H13F5N2O5. The predicted molar refractivity (Wildman–Crippen MR) is 72.8 cm³/mol. The zero-order valence-corrected chi connectivity index (χ0v) is 12.6. The lowest BCUT2D eigenvalue weighted by molar-refractivity contribution is -0.142. The Kier molecular flexibility index (Phi) is 5.89. The highest BCUT2D eigenvalue weighted by molar-refractivity contribution is 6.05. The molecule has 7 nitrogen and oxygen atoms in total. The zero-order chi connectivity index (χ0) is 18.2. The molecule has 1 fully saturated rings. The topological polar surface area (TPSA) is 120 Å². The molecule has 1 heterocycles. The maximum absolute atomic E-state index is 13.2. The Balaban J connectivity index is 0.00000312. The molecule has 140 valence electrons. The minimum atomic E-state index is -5.26. The molecule has 1 saturated carbocycles. The summed E-state index contributed by atoms with van der Waals surface area (Å²) in [5, 5.41) is 11.6. The Bertz CT molecular complexity index is 688. The summed E-state index contributed by atoms with van der Waals surface area (Å²) in [6.45, 7) is 0. The van der Waals surface area contributed by atoms with Crippen molar-refractivity contribution in [3.05, 3.63) is 22.5 Å². The molecule has 0 atom stereocenters. The van der Waals surface area contributed by atoms with Crippen molar-refractivity contribution in [3.8, 4) is 0 Å². The van der Waals surface area contributed by atoms with Crippen LogP contribution in [0.2, 0.25) is 0 Å². The monoisotopic (exact) mass is 372 g/mol. The molecule has 0 amide bonds. The van der Waals surface area contributed by atoms with Gasteiger partial charge in [-0.05, 0) is 12.8 Å². The molecule has 0 unspecified atom stereocenters. The maximum Gasteiger partial charge on any atom is 0.434 e. The van der Waals surface area contributed by atoms with Crippen LogP contribution in [0.5, 0.6) is 0 Å². The van der Waals surface area contributed by atoms with Crippen LogP contribution in [0.4, 0.5) is 27.6 Å². The number of hydrogen-bond acceptors (Lipinski definition) is 5. The van der Waals surface area contributed by atoms with Gasteiger partial charge >= 0.3 is 18.1 Å². The second kappa shape index (κ2) is 7.17. The number of carbonyl (C=O) groups is 2. The van der Waals surface area contributed by atoms with Crippen LogP contribution in [-0.4, -0.2) is 40.7 Å². The average molecular weight is 372 g/mol. The van der Waals surface area contributed by atoms with Crippen molar-refractivity contribution < 1.29 is 46.9 Å². The summed E-state index contributed by atoms with van der Waals surface area (Å²) in [4.78, 5) is 25.8. The Morgan fingerprint density at radius 1 is 1.28 bits per heavy atom. The van der Waals surface area contributed by atoms with Gasteiger partial charge < -0.3 is 20.6 Å². The number of esters is 1. The van der Waals surface area contributed by atoms with Crippen molar-refractivity contribution >= 4 is 17.6 Å². The third-order valence-corrected chi connectivity index (χ3v) is 3.23. The summed E-state index contributed by atoms with van der Waals surface area (Å²) in [7, 11) is 0.783. The largest absolute Gasteiger partial charge is 0.478 e. The van der Waals surface area contributed by atoms with Gasteiger partial charge in [0.05, 0.1) is 12.8 Å². The van der Waals surface area contributed by atoms with Crippen LogP contribution >= 0.6 is 0 Å². The van der Waals surface area contributed by atoms with Gasteiger partial charge in [0, 0.05) is 6.04 Å². The quantitative estimate of drug-likeness (QED) is 0.604. The lowest BCUT2D eigenvalue weighted by atomic mass is 10.0. The van der Waals surface area contributed by atoms with Crippen LogP contribution in [0.25, 0.3) is 0 Å². The highest BCUT2D eigenvalue weighted by Gasteiger charge is 2.43. The van der Waals surface area contributed by atoms with Gasteiger partial charge in [-0.3, -0.25) is 0 Å². The van der Waals surface area contributed by atoms with Gasteiger partial charge in [0.15, 0.2) is 5.69 Å². The molecule has 1 aromatic rings. The van der Waals surface area contributed by atoms with Crippen LogP contribution in [0.15, 0.2) is 0 Å². The zero-order valence-electron chi connectivity index (χ0n) is 12.6. The Labute approximate surface area is 137 Å². The van der Waals surface area contributed by atoms with Crippen LogP contribution in [-0.2, 0) is 10.9 Å². The van der Waals surface area contributed by atoms with E-state index in [-0.39, 0.29) is 5.48 Å². The number of rotatable bonds is 5. The van der Waals surface area contributed by atoms with E-state index in [2.05, 4.69) is 15.0 Å². The van der Waals surface area contributed by atoms with Crippen molar-refractivity contribution in [2.45, 2.75) is 31.5 Å². The number of methoxy groups -OCH3 is 1. The molecule has 0 bridgehead atoms. The minimum Gasteiger partial charge on any atom is -0.478 e. The second-order valence-electron chi connectivity index (χ2n) is 4.98. The van der Waals surface area contributed by atoms with E-state index in [0.29, 0.717) is 12.8 Å². The van der Waals surface area contributed by atoms with Crippen LogP contribution in [0, 0.1) is 0 Å². The molecule has 0 aliphatic heterocycles. The van der Waals surface area contributed by atoms with Crippen LogP contribution in [0.3, 0.4) is 0 Å². The third-order valence-electron chi connectivity index (χ3n) is 3.23. The van der Waals surface area contributed by atoms with Crippen molar-refractivity contribution in [3.63, 3.8) is 0 Å². The predicted octanol–water partition coefficient (Wildman–Crippen LogP) is 2.27. The Morgan fingerprint density at radius 2 is 1.84 bits per heavy atom. The normalized spacial score (nSPS) is 14.0. The fourth-order valence-electron chi connectivity index (χ4n) is 2.06. The van der Waals surface area contributed by atoms with Crippen molar-refractivity contribution in [2.24, 2.45) is 0 Å². The van der Waals surface area contributed by atoms with Gasteiger partial charge in [0.2, 0.25) is 0 Å². The number of nitrogens with one attached hydrogen (secondary N) is 1. The highest BCUT2D eigenvalue weighted by atomic mass is 19.4. The Morgan fingerprint density at radius 3 is 2.20 bits per heavy atom. The van der Waals surface area contributed by atoms with E-state index < -0.39 is 58.8 Å². The molecule has 4 N–H and O–H groups in total. The molecule has 25 heavy (non-hydrogen) atoms. The standard InChI is InChI=1S/C13H11F5N2O4.H2O/c1-24-12(23)6-7(19-4-2-3-4)5(11(21)22)8(10(14)15)20-9(6)13(16,17)18;/h4,10H,2-3H2,1H3,(H,19,20)(H,21,22);1H2. The van der Waals surface area contributed by atoms with Gasteiger partial charge in [-0.15, -0.1) is 0 Å². The molecule has 12 heteroatoms. The van der Waals surface area contributed by atoms with Gasteiger partial charge in [0.1, 0.15) is 16.8 Å². The number of nitrogens with zero attached hydrogens (tertiary/aromatic N) is 1. The first-order valence-electron chi connectivity index (χ1n) is 6.59. The summed E-state index contributed by atoms with van der Waals surface area (Å²) in [5.41, 5.74) is -6.73. The molecule has 2 rings (SSSR count). The summed E-state index contributed by atoms with van der Waals surface area (Å²) in [6, 6.07) is -0.416. The molecule has 0 radical (unpaired) electrons. The molecule has 0 aromatic carbocycles. The summed E-state index contributed by atoms with van der Waals surface area (Å²) in [5.74, 6) is -3.46. The average Bonchev–Trinajstić information content (AvgIpc) is 3.27. The number of anilines is 1. The molecule has 1 aliphatic rings. The number of carboxylic acids is 1. The van der Waals surface area contributed by atoms with E-state index in [0.717, 1.165) is 7.11 Å². The first kappa shape index (κ1) is 20.5. The number of aromatic nitrogens is 1. The molecule has 0 spiro atoms. The number of alkyl halides is 5. The lowest BCUT2D eigenvalue weighted by Gasteiger charge is -2.20. The van der Waals surface area contributed by atoms with Gasteiger partial charge in [-0.1, -0.05) is 0 Å². The summed E-state index contributed by atoms with van der Waals surface area (Å²) in [6.07, 6.45) is -7.85. The van der Waals surface area contributed by atoms with E-state index in [9.17, 15) is 31.5 Å². The fourth-order valence-corrected chi connectivity index (χ4v) is 2.06. The van der Waals surface area contributed by atoms with Gasteiger partial charge in [0.25, 0.3) is 6.43 Å². The van der Waals surface area contributed by atoms with Crippen molar-refractivity contribution in [1.82, 2.24) is 4.98 Å².